The van der Waals surface area contributed by atoms with E-state index < -0.39 is 12.2 Å². The molecule has 172 valence electrons. The number of rotatable bonds is 7. The fourth-order valence-corrected chi connectivity index (χ4v) is 3.22. The molecule has 0 aliphatic carbocycles. The van der Waals surface area contributed by atoms with Gasteiger partial charge in [-0.25, -0.2) is 9.97 Å². The maximum absolute atomic E-state index is 12.9. The first-order chi connectivity index (χ1) is 14.7. The van der Waals surface area contributed by atoms with Gasteiger partial charge in [-0.2, -0.15) is 26.7 Å². The second-order valence-electron chi connectivity index (χ2n) is 7.46. The first-order valence-corrected chi connectivity index (χ1v) is 9.82. The molecule has 3 rings (SSSR count). The minimum Gasteiger partial charge on any atom is -0.496 e. The van der Waals surface area contributed by atoms with Gasteiger partial charge in [0.25, 0.3) is 0 Å². The quantitative estimate of drug-likeness (QED) is 0.493. The number of nitrogens with two attached hydrogens (primary N) is 1. The third kappa shape index (κ3) is 6.14. The molecule has 0 unspecified atom stereocenters. The summed E-state index contributed by atoms with van der Waals surface area (Å²) in [5.41, 5.74) is 9.02. The third-order valence-corrected chi connectivity index (χ3v) is 5.10. The Morgan fingerprint density at radius 2 is 1.75 bits per heavy atom. The summed E-state index contributed by atoms with van der Waals surface area (Å²) in [6.45, 7) is 4.48. The van der Waals surface area contributed by atoms with Crippen molar-refractivity contribution in [2.75, 3.05) is 19.0 Å². The van der Waals surface area contributed by atoms with Gasteiger partial charge in [0, 0.05) is 24.1 Å². The number of halogens is 3. The highest BCUT2D eigenvalue weighted by molar-refractivity contribution is 7.59. The van der Waals surface area contributed by atoms with E-state index >= 15 is 0 Å². The van der Waals surface area contributed by atoms with E-state index in [1.165, 1.54) is 31.1 Å². The number of aryl methyl sites for hydroxylation is 1. The summed E-state index contributed by atoms with van der Waals surface area (Å²) < 4.78 is 44.1. The first kappa shape index (κ1) is 25.5. The van der Waals surface area contributed by atoms with Gasteiger partial charge in [0.05, 0.1) is 12.8 Å². The van der Waals surface area contributed by atoms with Gasteiger partial charge in [0.2, 0.25) is 0 Å². The molecule has 0 fully saturated rings. The summed E-state index contributed by atoms with van der Waals surface area (Å²) in [5.74, 6) is 0.977. The van der Waals surface area contributed by atoms with Crippen molar-refractivity contribution in [1.29, 1.82) is 0 Å². The molecule has 2 aromatic carbocycles. The molecular weight excluding hydrogens is 437 g/mol. The standard InChI is InChI=1S/C23H25F3N4O.H2S/c1-14-4-6-16(7-5-14)19-11-21(30-13-29-19)28-12-15(2)18-9-8-17(10-20(18)31-3)22(27)23(24,25)26;/h4-11,13,15,22H,12,27H2,1-3H3,(H,28,29,30);1H2/t15-,22+;/m1./s1. The van der Waals surface area contributed by atoms with Crippen molar-refractivity contribution in [1.82, 2.24) is 9.97 Å². The number of hydrogen-bond acceptors (Lipinski definition) is 5. The van der Waals surface area contributed by atoms with Gasteiger partial charge in [0.15, 0.2) is 0 Å². The zero-order valence-corrected chi connectivity index (χ0v) is 19.1. The van der Waals surface area contributed by atoms with Gasteiger partial charge >= 0.3 is 6.18 Å². The molecule has 0 bridgehead atoms. The number of hydrogen-bond donors (Lipinski definition) is 2. The van der Waals surface area contributed by atoms with E-state index in [1.807, 2.05) is 44.2 Å². The van der Waals surface area contributed by atoms with Crippen molar-refractivity contribution in [3.8, 4) is 17.0 Å². The topological polar surface area (TPSA) is 73.1 Å². The average Bonchev–Trinajstić information content (AvgIpc) is 2.76. The number of methoxy groups -OCH3 is 1. The molecule has 0 aliphatic rings. The molecule has 3 aromatic rings. The van der Waals surface area contributed by atoms with E-state index in [0.29, 0.717) is 18.1 Å². The lowest BCUT2D eigenvalue weighted by Gasteiger charge is -2.20. The maximum Gasteiger partial charge on any atom is 0.407 e. The fourth-order valence-electron chi connectivity index (χ4n) is 3.22. The number of benzene rings is 2. The Morgan fingerprint density at radius 3 is 2.38 bits per heavy atom. The van der Waals surface area contributed by atoms with Crippen LogP contribution >= 0.6 is 13.5 Å². The van der Waals surface area contributed by atoms with Crippen LogP contribution in [0.5, 0.6) is 5.75 Å². The van der Waals surface area contributed by atoms with E-state index in [1.54, 1.807) is 6.07 Å². The van der Waals surface area contributed by atoms with Gasteiger partial charge in [-0.05, 0) is 24.1 Å². The lowest BCUT2D eigenvalue weighted by molar-refractivity contribution is -0.149. The van der Waals surface area contributed by atoms with Crippen molar-refractivity contribution in [2.45, 2.75) is 32.0 Å². The van der Waals surface area contributed by atoms with Crippen LogP contribution in [0.2, 0.25) is 0 Å². The zero-order valence-electron chi connectivity index (χ0n) is 18.1. The Kier molecular flexibility index (Phi) is 8.51. The average molecular weight is 465 g/mol. The largest absolute Gasteiger partial charge is 0.496 e. The van der Waals surface area contributed by atoms with E-state index in [2.05, 4.69) is 15.3 Å². The predicted octanol–water partition coefficient (Wildman–Crippen LogP) is 5.35. The molecule has 0 saturated carbocycles. The van der Waals surface area contributed by atoms with Crippen LogP contribution in [0, 0.1) is 6.92 Å². The van der Waals surface area contributed by atoms with Crippen molar-refractivity contribution < 1.29 is 17.9 Å². The molecule has 9 heteroatoms. The summed E-state index contributed by atoms with van der Waals surface area (Å²) in [6.07, 6.45) is -3.02. The van der Waals surface area contributed by atoms with Gasteiger partial charge in [-0.3, -0.25) is 0 Å². The number of alkyl halides is 3. The lowest BCUT2D eigenvalue weighted by Crippen LogP contribution is -2.28. The number of ether oxygens (including phenoxy) is 1. The van der Waals surface area contributed by atoms with Crippen LogP contribution in [-0.2, 0) is 0 Å². The molecular formula is C23H27F3N4OS. The second-order valence-corrected chi connectivity index (χ2v) is 7.46. The van der Waals surface area contributed by atoms with Crippen LogP contribution in [0.15, 0.2) is 54.9 Å². The Hall–Kier alpha value is -2.78. The zero-order chi connectivity index (χ0) is 22.6. The summed E-state index contributed by atoms with van der Waals surface area (Å²) in [7, 11) is 1.43. The van der Waals surface area contributed by atoms with Crippen molar-refractivity contribution in [3.05, 3.63) is 71.5 Å². The highest BCUT2D eigenvalue weighted by Gasteiger charge is 2.38. The second kappa shape index (κ2) is 10.7. The summed E-state index contributed by atoms with van der Waals surface area (Å²) in [4.78, 5) is 8.58. The van der Waals surface area contributed by atoms with E-state index in [4.69, 9.17) is 10.5 Å². The minimum absolute atomic E-state index is 0. The Balaban J connectivity index is 0.00000363. The van der Waals surface area contributed by atoms with Crippen molar-refractivity contribution >= 4 is 19.3 Å². The van der Waals surface area contributed by atoms with Crippen molar-refractivity contribution in [2.24, 2.45) is 5.73 Å². The Labute approximate surface area is 192 Å². The number of nitrogens with one attached hydrogen (secondary N) is 1. The third-order valence-electron chi connectivity index (χ3n) is 5.10. The number of aromatic nitrogens is 2. The summed E-state index contributed by atoms with van der Waals surface area (Å²) in [5, 5.41) is 3.27. The minimum atomic E-state index is -4.51. The summed E-state index contributed by atoms with van der Waals surface area (Å²) >= 11 is 0. The Bertz CT molecular complexity index is 1030. The van der Waals surface area contributed by atoms with Crippen LogP contribution in [0.1, 0.15) is 35.6 Å². The molecule has 32 heavy (non-hydrogen) atoms. The number of nitrogens with zero attached hydrogens (tertiary/aromatic N) is 2. The monoisotopic (exact) mass is 464 g/mol. The SMILES string of the molecule is COc1cc([C@H](N)C(F)(F)F)ccc1[C@H](C)CNc1cc(-c2ccc(C)cc2)ncn1.S. The molecule has 1 heterocycles. The van der Waals surface area contributed by atoms with Crippen LogP contribution in [0.25, 0.3) is 11.3 Å². The molecule has 5 nitrogen and oxygen atoms in total. The van der Waals surface area contributed by atoms with Crippen LogP contribution in [0.3, 0.4) is 0 Å². The predicted molar refractivity (Wildman–Crippen MR) is 125 cm³/mol. The molecule has 1 aromatic heterocycles. The van der Waals surface area contributed by atoms with Crippen molar-refractivity contribution in [3.63, 3.8) is 0 Å². The molecule has 3 N–H and O–H groups in total. The van der Waals surface area contributed by atoms with Gasteiger partial charge in [-0.15, -0.1) is 0 Å². The maximum atomic E-state index is 12.9. The van der Waals surface area contributed by atoms with Crippen LogP contribution in [-0.4, -0.2) is 29.8 Å². The molecule has 2 atom stereocenters. The fraction of sp³-hybridized carbons (Fsp3) is 0.304. The molecule has 0 radical (unpaired) electrons. The number of anilines is 1. The molecule has 0 amide bonds. The van der Waals surface area contributed by atoms with E-state index in [0.717, 1.165) is 16.8 Å². The summed E-state index contributed by atoms with van der Waals surface area (Å²) in [6, 6.07) is 12.2. The molecule has 0 aliphatic heterocycles. The van der Waals surface area contributed by atoms with Gasteiger partial charge in [0.1, 0.15) is 23.9 Å². The lowest BCUT2D eigenvalue weighted by atomic mass is 9.96. The highest BCUT2D eigenvalue weighted by Crippen LogP contribution is 2.35. The normalized spacial score (nSPS) is 13.1. The highest BCUT2D eigenvalue weighted by atomic mass is 32.1. The van der Waals surface area contributed by atoms with Crippen LogP contribution in [0.4, 0.5) is 19.0 Å². The Morgan fingerprint density at radius 1 is 1.06 bits per heavy atom. The smallest absolute Gasteiger partial charge is 0.407 e. The van der Waals surface area contributed by atoms with E-state index in [-0.39, 0.29) is 25.0 Å². The van der Waals surface area contributed by atoms with Crippen LogP contribution < -0.4 is 15.8 Å². The van der Waals surface area contributed by atoms with Gasteiger partial charge in [-0.1, -0.05) is 48.9 Å². The first-order valence-electron chi connectivity index (χ1n) is 9.82. The molecule has 0 spiro atoms. The molecule has 0 saturated heterocycles. The van der Waals surface area contributed by atoms with Gasteiger partial charge < -0.3 is 15.8 Å². The van der Waals surface area contributed by atoms with E-state index in [9.17, 15) is 13.2 Å².